The molecule has 0 radical (unpaired) electrons. The van der Waals surface area contributed by atoms with Crippen LogP contribution >= 0.6 is 11.3 Å². The van der Waals surface area contributed by atoms with Gasteiger partial charge in [0.15, 0.2) is 0 Å². The van der Waals surface area contributed by atoms with Gasteiger partial charge < -0.3 is 4.90 Å². The van der Waals surface area contributed by atoms with Gasteiger partial charge in [0.05, 0.1) is 6.54 Å². The minimum absolute atomic E-state index is 0.535. The van der Waals surface area contributed by atoms with Crippen molar-refractivity contribution in [3.05, 3.63) is 28.2 Å². The maximum atomic E-state index is 4.62. The molecule has 0 amide bonds. The summed E-state index contributed by atoms with van der Waals surface area (Å²) in [5.74, 6) is 3.06. The van der Waals surface area contributed by atoms with Gasteiger partial charge in [-0.2, -0.15) is 0 Å². The van der Waals surface area contributed by atoms with Gasteiger partial charge in [-0.15, -0.1) is 21.5 Å². The van der Waals surface area contributed by atoms with Crippen LogP contribution in [0.5, 0.6) is 0 Å². The van der Waals surface area contributed by atoms with Crippen LogP contribution in [0.2, 0.25) is 0 Å². The van der Waals surface area contributed by atoms with E-state index in [-0.39, 0.29) is 0 Å². The van der Waals surface area contributed by atoms with E-state index in [1.165, 1.54) is 23.5 Å². The molecule has 130 valence electrons. The van der Waals surface area contributed by atoms with Crippen LogP contribution < -0.4 is 4.90 Å². The lowest BCUT2D eigenvalue weighted by Crippen LogP contribution is -2.55. The Kier molecular flexibility index (Phi) is 4.35. The zero-order chi connectivity index (χ0) is 16.7. The SMILES string of the molecule is CC1CN(c2nnc(CC3CC3)n2Cc2cccs2)CC(C)N1C. The number of aromatic nitrogens is 3. The number of rotatable bonds is 5. The van der Waals surface area contributed by atoms with Crippen LogP contribution in [0, 0.1) is 5.92 Å². The van der Waals surface area contributed by atoms with Gasteiger partial charge in [-0.05, 0) is 51.1 Å². The van der Waals surface area contributed by atoms with E-state index in [9.17, 15) is 0 Å². The Morgan fingerprint density at radius 2 is 1.92 bits per heavy atom. The van der Waals surface area contributed by atoms with Crippen molar-refractivity contribution < 1.29 is 0 Å². The van der Waals surface area contributed by atoms with E-state index in [1.807, 2.05) is 11.3 Å². The Hall–Kier alpha value is -1.40. The van der Waals surface area contributed by atoms with Gasteiger partial charge in [0.2, 0.25) is 5.95 Å². The minimum atomic E-state index is 0.535. The monoisotopic (exact) mass is 345 g/mol. The Morgan fingerprint density at radius 1 is 1.17 bits per heavy atom. The maximum absolute atomic E-state index is 4.62. The van der Waals surface area contributed by atoms with Crippen molar-refractivity contribution in [3.8, 4) is 0 Å². The molecule has 2 atom stereocenters. The number of anilines is 1. The molecule has 0 bridgehead atoms. The maximum Gasteiger partial charge on any atom is 0.227 e. The lowest BCUT2D eigenvalue weighted by Gasteiger charge is -2.42. The zero-order valence-corrected chi connectivity index (χ0v) is 15.7. The number of likely N-dealkylation sites (N-methyl/N-ethyl adjacent to an activating group) is 1. The first-order chi connectivity index (χ1) is 11.6. The Labute approximate surface area is 148 Å². The summed E-state index contributed by atoms with van der Waals surface area (Å²) in [5, 5.41) is 11.4. The summed E-state index contributed by atoms with van der Waals surface area (Å²) >= 11 is 1.82. The van der Waals surface area contributed by atoms with Crippen molar-refractivity contribution in [2.45, 2.75) is 51.7 Å². The third-order valence-electron chi connectivity index (χ3n) is 5.51. The van der Waals surface area contributed by atoms with Crippen LogP contribution in [-0.4, -0.2) is 51.9 Å². The fourth-order valence-electron chi connectivity index (χ4n) is 3.58. The zero-order valence-electron chi connectivity index (χ0n) is 14.9. The normalized spacial score (nSPS) is 25.4. The molecule has 2 unspecified atom stereocenters. The summed E-state index contributed by atoms with van der Waals surface area (Å²) in [4.78, 5) is 6.27. The second-order valence-electron chi connectivity index (χ2n) is 7.50. The predicted octanol–water partition coefficient (Wildman–Crippen LogP) is 2.87. The number of hydrogen-bond acceptors (Lipinski definition) is 5. The molecule has 24 heavy (non-hydrogen) atoms. The molecule has 3 heterocycles. The number of nitrogens with zero attached hydrogens (tertiary/aromatic N) is 5. The van der Waals surface area contributed by atoms with Gasteiger partial charge in [0, 0.05) is 36.5 Å². The second kappa shape index (κ2) is 6.48. The molecular weight excluding hydrogens is 318 g/mol. The number of thiophene rings is 1. The highest BCUT2D eigenvalue weighted by Gasteiger charge is 2.31. The first kappa shape index (κ1) is 16.1. The molecule has 2 aromatic rings. The summed E-state index contributed by atoms with van der Waals surface area (Å²) in [6.07, 6.45) is 3.78. The van der Waals surface area contributed by atoms with Crippen LogP contribution in [0.4, 0.5) is 5.95 Å². The average molecular weight is 346 g/mol. The van der Waals surface area contributed by atoms with Crippen LogP contribution in [0.25, 0.3) is 0 Å². The molecule has 1 saturated heterocycles. The third kappa shape index (κ3) is 3.22. The quantitative estimate of drug-likeness (QED) is 0.835. The fraction of sp³-hybridized carbons (Fsp3) is 0.667. The smallest absolute Gasteiger partial charge is 0.227 e. The fourth-order valence-corrected chi connectivity index (χ4v) is 4.27. The Bertz CT molecular complexity index is 664. The molecule has 1 saturated carbocycles. The van der Waals surface area contributed by atoms with Crippen LogP contribution in [0.3, 0.4) is 0 Å². The largest absolute Gasteiger partial charge is 0.338 e. The van der Waals surface area contributed by atoms with Crippen molar-refractivity contribution in [2.24, 2.45) is 5.92 Å². The summed E-state index contributed by atoms with van der Waals surface area (Å²) < 4.78 is 2.37. The molecule has 1 aliphatic carbocycles. The summed E-state index contributed by atoms with van der Waals surface area (Å²) in [6, 6.07) is 5.41. The van der Waals surface area contributed by atoms with E-state index in [0.29, 0.717) is 12.1 Å². The van der Waals surface area contributed by atoms with Crippen LogP contribution in [-0.2, 0) is 13.0 Å². The van der Waals surface area contributed by atoms with E-state index < -0.39 is 0 Å². The molecule has 2 fully saturated rings. The molecule has 5 nitrogen and oxygen atoms in total. The predicted molar refractivity (Wildman–Crippen MR) is 98.8 cm³/mol. The molecule has 6 heteroatoms. The van der Waals surface area contributed by atoms with Crippen molar-refractivity contribution in [2.75, 3.05) is 25.0 Å². The van der Waals surface area contributed by atoms with Crippen molar-refractivity contribution in [3.63, 3.8) is 0 Å². The van der Waals surface area contributed by atoms with Gasteiger partial charge in [-0.1, -0.05) is 6.07 Å². The van der Waals surface area contributed by atoms with E-state index >= 15 is 0 Å². The highest BCUT2D eigenvalue weighted by molar-refractivity contribution is 7.09. The molecule has 0 aromatic carbocycles. The number of hydrogen-bond donors (Lipinski definition) is 0. The molecule has 0 N–H and O–H groups in total. The van der Waals surface area contributed by atoms with Gasteiger partial charge >= 0.3 is 0 Å². The standard InChI is InChI=1S/C18H27N5S/c1-13-10-22(11-14(2)21(13)3)18-20-19-17(9-15-6-7-15)23(18)12-16-5-4-8-24-16/h4-5,8,13-15H,6-7,9-12H2,1-3H3. The number of piperazine rings is 1. The lowest BCUT2D eigenvalue weighted by molar-refractivity contribution is 0.168. The van der Waals surface area contributed by atoms with E-state index in [0.717, 1.165) is 37.9 Å². The summed E-state index contributed by atoms with van der Waals surface area (Å²) in [6.45, 7) is 7.54. The van der Waals surface area contributed by atoms with Crippen LogP contribution in [0.1, 0.15) is 37.4 Å². The lowest BCUT2D eigenvalue weighted by atomic mass is 10.1. The summed E-state index contributed by atoms with van der Waals surface area (Å²) in [5.41, 5.74) is 0. The summed E-state index contributed by atoms with van der Waals surface area (Å²) in [7, 11) is 2.22. The van der Waals surface area contributed by atoms with E-state index in [4.69, 9.17) is 0 Å². The van der Waals surface area contributed by atoms with E-state index in [1.54, 1.807) is 0 Å². The molecule has 2 aromatic heterocycles. The highest BCUT2D eigenvalue weighted by atomic mass is 32.1. The van der Waals surface area contributed by atoms with Gasteiger partial charge in [-0.25, -0.2) is 0 Å². The highest BCUT2D eigenvalue weighted by Crippen LogP contribution is 2.33. The molecule has 1 aliphatic heterocycles. The first-order valence-corrected chi connectivity index (χ1v) is 9.91. The van der Waals surface area contributed by atoms with Crippen molar-refractivity contribution >= 4 is 17.3 Å². The Morgan fingerprint density at radius 3 is 2.54 bits per heavy atom. The molecule has 4 rings (SSSR count). The first-order valence-electron chi connectivity index (χ1n) is 9.03. The van der Waals surface area contributed by atoms with Gasteiger partial charge in [0.25, 0.3) is 0 Å². The van der Waals surface area contributed by atoms with E-state index in [2.05, 4.69) is 63.0 Å². The third-order valence-corrected chi connectivity index (χ3v) is 6.37. The van der Waals surface area contributed by atoms with Crippen molar-refractivity contribution in [1.82, 2.24) is 19.7 Å². The average Bonchev–Trinajstić information content (AvgIpc) is 3.06. The van der Waals surface area contributed by atoms with Crippen LogP contribution in [0.15, 0.2) is 17.5 Å². The van der Waals surface area contributed by atoms with Crippen molar-refractivity contribution in [1.29, 1.82) is 0 Å². The van der Waals surface area contributed by atoms with Gasteiger partial charge in [0.1, 0.15) is 5.82 Å². The second-order valence-corrected chi connectivity index (χ2v) is 8.53. The van der Waals surface area contributed by atoms with Gasteiger partial charge in [-0.3, -0.25) is 9.47 Å². The molecule has 0 spiro atoms. The molecular formula is C18H27N5S. The Balaban J connectivity index is 1.62. The topological polar surface area (TPSA) is 37.2 Å². The minimum Gasteiger partial charge on any atom is -0.338 e. The molecule has 2 aliphatic rings.